The van der Waals surface area contributed by atoms with Gasteiger partial charge < -0.3 is 28.8 Å². The second-order valence-electron chi connectivity index (χ2n) is 7.40. The third-order valence-corrected chi connectivity index (χ3v) is 4.85. The molecule has 1 N–H and O–H groups in total. The zero-order valence-electron chi connectivity index (χ0n) is 18.8. The molecule has 11 heteroatoms. The second-order valence-corrected chi connectivity index (χ2v) is 7.40. The molecule has 1 atom stereocenters. The van der Waals surface area contributed by atoms with Crippen molar-refractivity contribution in [3.63, 3.8) is 0 Å². The van der Waals surface area contributed by atoms with Crippen molar-refractivity contribution in [2.75, 3.05) is 59.5 Å². The number of rotatable bonds is 5. The maximum absolute atomic E-state index is 10.8. The fourth-order valence-corrected chi connectivity index (χ4v) is 3.11. The number of nitrogens with zero attached hydrogens (tertiary/aromatic N) is 3. The first-order valence-electron chi connectivity index (χ1n) is 11.0. The predicted molar refractivity (Wildman–Crippen MR) is 122 cm³/mol. The number of benzene rings is 2. The number of phenolic OH excluding ortho intramolecular Hbond substituents is 1. The molecule has 1 saturated heterocycles. The first-order chi connectivity index (χ1) is 16.6. The van der Waals surface area contributed by atoms with Gasteiger partial charge in [-0.15, -0.1) is 0 Å². The number of nitro groups is 1. The van der Waals surface area contributed by atoms with Crippen LogP contribution in [-0.4, -0.2) is 75.6 Å². The highest BCUT2D eigenvalue weighted by molar-refractivity contribution is 5.48. The van der Waals surface area contributed by atoms with Crippen LogP contribution in [0.25, 0.3) is 0 Å². The summed E-state index contributed by atoms with van der Waals surface area (Å²) in [6.07, 6.45) is 0.0918. The van der Waals surface area contributed by atoms with Crippen LogP contribution in [0.15, 0.2) is 52.7 Å². The Hall–Kier alpha value is -2.96. The van der Waals surface area contributed by atoms with Crippen LogP contribution in [0.3, 0.4) is 0 Å². The van der Waals surface area contributed by atoms with Gasteiger partial charge in [0.2, 0.25) is 0 Å². The molecule has 0 radical (unpaired) electrons. The van der Waals surface area contributed by atoms with Crippen molar-refractivity contribution in [3.8, 4) is 5.75 Å². The number of nitro benzene ring substituents is 1. The van der Waals surface area contributed by atoms with E-state index < -0.39 is 4.92 Å². The molecular weight excluding hydrogens is 446 g/mol. The molecule has 34 heavy (non-hydrogen) atoms. The van der Waals surface area contributed by atoms with E-state index in [0.717, 1.165) is 0 Å². The number of non-ortho nitro benzene ring substituents is 1. The van der Waals surface area contributed by atoms with Gasteiger partial charge >= 0.3 is 0 Å². The molecule has 2 aromatic rings. The smallest absolute Gasteiger partial charge is 0.269 e. The Labute approximate surface area is 197 Å². The summed E-state index contributed by atoms with van der Waals surface area (Å²) in [7, 11) is 0. The fraction of sp³-hybridized carbons (Fsp3) is 0.478. The summed E-state index contributed by atoms with van der Waals surface area (Å²) in [5, 5.41) is 29.4. The largest absolute Gasteiger partial charge is 0.508 e. The van der Waals surface area contributed by atoms with E-state index in [-0.39, 0.29) is 17.5 Å². The Morgan fingerprint density at radius 3 is 2.03 bits per heavy atom. The highest BCUT2D eigenvalue weighted by Crippen LogP contribution is 2.27. The summed E-state index contributed by atoms with van der Waals surface area (Å²) < 4.78 is 28.0. The molecule has 0 saturated carbocycles. The van der Waals surface area contributed by atoms with Gasteiger partial charge in [0.05, 0.1) is 81.9 Å². The molecular formula is C23H29N3O8. The fourth-order valence-electron chi connectivity index (χ4n) is 3.11. The molecule has 3 rings (SSSR count). The molecule has 1 fully saturated rings. The van der Waals surface area contributed by atoms with Crippen LogP contribution < -0.4 is 0 Å². The molecule has 0 bridgehead atoms. The summed E-state index contributed by atoms with van der Waals surface area (Å²) in [6.45, 7) is 4.00. The Bertz CT molecular complexity index is 907. The van der Waals surface area contributed by atoms with Gasteiger partial charge in [-0.05, 0) is 35.9 Å². The van der Waals surface area contributed by atoms with Crippen molar-refractivity contribution in [1.29, 1.82) is 0 Å². The number of azo groups is 1. The van der Waals surface area contributed by atoms with Crippen molar-refractivity contribution in [1.82, 2.24) is 0 Å². The van der Waals surface area contributed by atoms with Gasteiger partial charge in [0.15, 0.2) is 0 Å². The molecule has 11 nitrogen and oxygen atoms in total. The van der Waals surface area contributed by atoms with Gasteiger partial charge in [-0.3, -0.25) is 10.1 Å². The minimum absolute atomic E-state index is 0.0165. The van der Waals surface area contributed by atoms with Gasteiger partial charge in [0.1, 0.15) is 5.75 Å². The van der Waals surface area contributed by atoms with E-state index in [1.807, 2.05) is 0 Å². The maximum atomic E-state index is 10.8. The summed E-state index contributed by atoms with van der Waals surface area (Å²) in [4.78, 5) is 10.3. The van der Waals surface area contributed by atoms with Crippen LogP contribution in [0.5, 0.6) is 5.75 Å². The Morgan fingerprint density at radius 2 is 1.38 bits per heavy atom. The topological polar surface area (TPSA) is 134 Å². The standard InChI is InChI=1S/C23H29N3O8/c27-23-6-3-20(25-24-19-1-4-21(5-2-19)26(28)29)15-18(23)16-22-17-33-12-11-31-8-7-30-9-10-32-13-14-34-22/h1-6,15,22,27H,7-14,16-17H2. The van der Waals surface area contributed by atoms with Gasteiger partial charge in [0, 0.05) is 18.6 Å². The van der Waals surface area contributed by atoms with Crippen molar-refractivity contribution in [2.24, 2.45) is 10.2 Å². The minimum Gasteiger partial charge on any atom is -0.508 e. The van der Waals surface area contributed by atoms with Gasteiger partial charge in [-0.2, -0.15) is 10.2 Å². The quantitative estimate of drug-likeness (QED) is 0.393. The van der Waals surface area contributed by atoms with Crippen LogP contribution >= 0.6 is 0 Å². The molecule has 184 valence electrons. The number of phenols is 1. The van der Waals surface area contributed by atoms with Crippen LogP contribution in [0.4, 0.5) is 17.1 Å². The van der Waals surface area contributed by atoms with Crippen molar-refractivity contribution >= 4 is 17.1 Å². The van der Waals surface area contributed by atoms with Gasteiger partial charge in [-0.1, -0.05) is 0 Å². The molecule has 1 aliphatic rings. The number of aromatic hydroxyl groups is 1. The molecule has 0 aromatic heterocycles. The maximum Gasteiger partial charge on any atom is 0.269 e. The Kier molecular flexibility index (Phi) is 10.8. The van der Waals surface area contributed by atoms with Crippen LogP contribution in [0.2, 0.25) is 0 Å². The zero-order valence-corrected chi connectivity index (χ0v) is 18.8. The molecule has 0 spiro atoms. The van der Waals surface area contributed by atoms with Crippen molar-refractivity contribution in [2.45, 2.75) is 12.5 Å². The van der Waals surface area contributed by atoms with E-state index in [9.17, 15) is 15.2 Å². The normalized spacial score (nSPS) is 19.4. The number of hydrogen-bond acceptors (Lipinski definition) is 10. The number of ether oxygens (including phenoxy) is 5. The average Bonchev–Trinajstić information content (AvgIpc) is 2.85. The lowest BCUT2D eigenvalue weighted by atomic mass is 10.1. The molecule has 0 aliphatic carbocycles. The lowest BCUT2D eigenvalue weighted by molar-refractivity contribution is -0.384. The van der Waals surface area contributed by atoms with Crippen molar-refractivity contribution < 1.29 is 33.7 Å². The first kappa shape index (κ1) is 25.7. The highest BCUT2D eigenvalue weighted by Gasteiger charge is 2.15. The monoisotopic (exact) mass is 475 g/mol. The average molecular weight is 475 g/mol. The molecule has 1 aliphatic heterocycles. The van der Waals surface area contributed by atoms with E-state index in [1.54, 1.807) is 18.2 Å². The van der Waals surface area contributed by atoms with Crippen molar-refractivity contribution in [3.05, 3.63) is 58.1 Å². The summed E-state index contributed by atoms with van der Waals surface area (Å²) >= 11 is 0. The minimum atomic E-state index is -0.473. The predicted octanol–water partition coefficient (Wildman–Crippen LogP) is 3.72. The van der Waals surface area contributed by atoms with E-state index in [4.69, 9.17) is 23.7 Å². The summed E-state index contributed by atoms with van der Waals surface area (Å²) in [5.74, 6) is 0.116. The molecule has 0 amide bonds. The Morgan fingerprint density at radius 1 is 0.824 bits per heavy atom. The second kappa shape index (κ2) is 14.3. The molecule has 1 unspecified atom stereocenters. The highest BCUT2D eigenvalue weighted by atomic mass is 16.6. The third-order valence-electron chi connectivity index (χ3n) is 4.85. The lowest BCUT2D eigenvalue weighted by Crippen LogP contribution is -2.25. The summed E-state index contributed by atoms with van der Waals surface area (Å²) in [5.41, 5.74) is 1.63. The zero-order chi connectivity index (χ0) is 24.0. The van der Waals surface area contributed by atoms with E-state index >= 15 is 0 Å². The Balaban J connectivity index is 1.62. The van der Waals surface area contributed by atoms with Crippen LogP contribution in [0, 0.1) is 10.1 Å². The molecule has 2 aromatic carbocycles. The van der Waals surface area contributed by atoms with E-state index in [1.165, 1.54) is 24.3 Å². The SMILES string of the molecule is O=[N+]([O-])c1ccc(N=Nc2ccc(O)c(CC3COCCOCCOCCOCCO3)c2)cc1. The summed E-state index contributed by atoms with van der Waals surface area (Å²) in [6, 6.07) is 10.7. The van der Waals surface area contributed by atoms with E-state index in [0.29, 0.717) is 82.8 Å². The van der Waals surface area contributed by atoms with Crippen LogP contribution in [0.1, 0.15) is 5.56 Å². The van der Waals surface area contributed by atoms with Crippen LogP contribution in [-0.2, 0) is 30.1 Å². The third kappa shape index (κ3) is 9.12. The first-order valence-corrected chi connectivity index (χ1v) is 11.0. The molecule has 1 heterocycles. The van der Waals surface area contributed by atoms with E-state index in [2.05, 4.69) is 10.2 Å². The lowest BCUT2D eigenvalue weighted by Gasteiger charge is -2.19. The van der Waals surface area contributed by atoms with Gasteiger partial charge in [0.25, 0.3) is 5.69 Å². The number of hydrogen-bond donors (Lipinski definition) is 1. The van der Waals surface area contributed by atoms with Gasteiger partial charge in [-0.25, -0.2) is 0 Å².